The first kappa shape index (κ1) is 19.0. The van der Waals surface area contributed by atoms with Gasteiger partial charge in [0.2, 0.25) is 0 Å². The molecule has 2 aliphatic heterocycles. The van der Waals surface area contributed by atoms with Crippen molar-refractivity contribution in [1.82, 2.24) is 5.32 Å². The number of alkyl halides is 1. The molecule has 0 aromatic heterocycles. The van der Waals surface area contributed by atoms with Crippen LogP contribution in [-0.2, 0) is 10.3 Å². The molecule has 2 aromatic carbocycles. The summed E-state index contributed by atoms with van der Waals surface area (Å²) in [6, 6.07) is 12.4. The number of nitrogens with one attached hydrogen (secondary N) is 1. The summed E-state index contributed by atoms with van der Waals surface area (Å²) in [4.78, 5) is 17.0. The van der Waals surface area contributed by atoms with E-state index in [1.54, 1.807) is 30.3 Å². The summed E-state index contributed by atoms with van der Waals surface area (Å²) in [5.74, 6) is -2.51. The quantitative estimate of drug-likeness (QED) is 0.846. The molecule has 0 spiro atoms. The first-order valence-electron chi connectivity index (χ1n) is 8.76. The number of carbonyl (C=O) groups is 1. The number of amidine groups is 1. The number of ether oxygens (including phenoxy) is 1. The van der Waals surface area contributed by atoms with Gasteiger partial charge in [-0.3, -0.25) is 4.79 Å². The second-order valence-corrected chi connectivity index (χ2v) is 7.69. The van der Waals surface area contributed by atoms with Crippen molar-refractivity contribution in [3.8, 4) is 0 Å². The Balaban J connectivity index is 1.73. The lowest BCUT2D eigenvalue weighted by Gasteiger charge is -2.36. The minimum Gasteiger partial charge on any atom is -0.372 e. The maximum absolute atomic E-state index is 14.6. The Morgan fingerprint density at radius 3 is 2.75 bits per heavy atom. The second kappa shape index (κ2) is 7.60. The fourth-order valence-electron chi connectivity index (χ4n) is 3.66. The van der Waals surface area contributed by atoms with Crippen molar-refractivity contribution in [1.29, 1.82) is 0 Å². The Morgan fingerprint density at radius 2 is 2.00 bits per heavy atom. The summed E-state index contributed by atoms with van der Waals surface area (Å²) in [5, 5.41) is 2.99. The highest BCUT2D eigenvalue weighted by molar-refractivity contribution is 8.13. The summed E-state index contributed by atoms with van der Waals surface area (Å²) >= 11 is 1.24. The van der Waals surface area contributed by atoms with Crippen LogP contribution in [0.4, 0.5) is 13.2 Å². The summed E-state index contributed by atoms with van der Waals surface area (Å²) in [6.07, 6.45) is -0.759. The molecule has 0 saturated carbocycles. The van der Waals surface area contributed by atoms with Crippen molar-refractivity contribution >= 4 is 22.8 Å². The summed E-state index contributed by atoms with van der Waals surface area (Å²) in [6.45, 7) is -0.830. The zero-order valence-corrected chi connectivity index (χ0v) is 15.5. The molecule has 0 aliphatic carbocycles. The Kier molecular flexibility index (Phi) is 5.16. The molecule has 4 rings (SSSR count). The number of nitrogens with zero attached hydrogens (tertiary/aromatic N) is 1. The van der Waals surface area contributed by atoms with Gasteiger partial charge in [-0.15, -0.1) is 0 Å². The van der Waals surface area contributed by atoms with Crippen LogP contribution in [0.2, 0.25) is 0 Å². The van der Waals surface area contributed by atoms with Gasteiger partial charge in [0.05, 0.1) is 12.7 Å². The normalized spacial score (nSPS) is 26.5. The number of aliphatic imine (C=N–C) groups is 1. The Bertz CT molecular complexity index is 925. The maximum atomic E-state index is 14.6. The molecule has 146 valence electrons. The lowest BCUT2D eigenvalue weighted by Crippen LogP contribution is -2.44. The lowest BCUT2D eigenvalue weighted by atomic mass is 9.79. The van der Waals surface area contributed by atoms with Gasteiger partial charge in [-0.25, -0.2) is 18.2 Å². The van der Waals surface area contributed by atoms with E-state index < -0.39 is 35.9 Å². The zero-order valence-electron chi connectivity index (χ0n) is 14.7. The van der Waals surface area contributed by atoms with Gasteiger partial charge in [-0.2, -0.15) is 0 Å². The van der Waals surface area contributed by atoms with Crippen molar-refractivity contribution in [3.05, 3.63) is 71.3 Å². The highest BCUT2D eigenvalue weighted by atomic mass is 32.2. The number of carbonyl (C=O) groups excluding carboxylic acids is 1. The first-order valence-corrected chi connectivity index (χ1v) is 9.75. The van der Waals surface area contributed by atoms with Gasteiger partial charge in [-0.1, -0.05) is 42.1 Å². The van der Waals surface area contributed by atoms with E-state index in [4.69, 9.17) is 4.74 Å². The van der Waals surface area contributed by atoms with Crippen LogP contribution in [0.15, 0.2) is 53.5 Å². The van der Waals surface area contributed by atoms with Crippen LogP contribution in [0.5, 0.6) is 0 Å². The number of hydrogen-bond donors (Lipinski definition) is 1. The van der Waals surface area contributed by atoms with Gasteiger partial charge in [0.1, 0.15) is 12.2 Å². The average molecular weight is 406 g/mol. The minimum absolute atomic E-state index is 0.0141. The molecule has 3 atom stereocenters. The fraction of sp³-hybridized carbons (Fsp3) is 0.300. The largest absolute Gasteiger partial charge is 0.372 e. The van der Waals surface area contributed by atoms with E-state index in [1.807, 2.05) is 0 Å². The average Bonchev–Trinajstić information content (AvgIpc) is 3.09. The molecule has 2 aromatic rings. The van der Waals surface area contributed by atoms with Crippen LogP contribution in [0.25, 0.3) is 0 Å². The molecule has 8 heteroatoms. The van der Waals surface area contributed by atoms with E-state index in [2.05, 4.69) is 10.3 Å². The second-order valence-electron chi connectivity index (χ2n) is 6.68. The molecule has 2 unspecified atom stereocenters. The number of benzene rings is 2. The fourth-order valence-corrected chi connectivity index (χ4v) is 4.88. The number of thioether (sulfide) groups is 1. The van der Waals surface area contributed by atoms with Crippen molar-refractivity contribution in [2.24, 2.45) is 10.9 Å². The van der Waals surface area contributed by atoms with Crippen molar-refractivity contribution in [3.63, 3.8) is 0 Å². The van der Waals surface area contributed by atoms with Gasteiger partial charge in [-0.05, 0) is 18.2 Å². The standard InChI is InChI=1S/C20H17F3N2O2S/c21-9-16-14-10-28-19(24-18(26)12-5-2-1-3-6-12)25-20(14,11-27-16)13-7-4-8-15(22)17(13)23/h1-8,14,16H,9-11H2,(H,24,25,26)/t14-,16?,20?/m1/s1. The molecular weight excluding hydrogens is 389 g/mol. The van der Waals surface area contributed by atoms with Crippen LogP contribution in [0.3, 0.4) is 0 Å². The molecule has 2 heterocycles. The van der Waals surface area contributed by atoms with Crippen LogP contribution in [0, 0.1) is 17.6 Å². The number of halogens is 3. The topological polar surface area (TPSA) is 50.7 Å². The Morgan fingerprint density at radius 1 is 1.21 bits per heavy atom. The third-order valence-electron chi connectivity index (χ3n) is 5.11. The predicted octanol–water partition coefficient (Wildman–Crippen LogP) is 3.68. The molecule has 0 bridgehead atoms. The van der Waals surface area contributed by atoms with Crippen molar-refractivity contribution < 1.29 is 22.7 Å². The first-order chi connectivity index (χ1) is 13.5. The summed E-state index contributed by atoms with van der Waals surface area (Å²) < 4.78 is 47.5. The smallest absolute Gasteiger partial charge is 0.257 e. The number of fused-ring (bicyclic) bond motifs is 1. The minimum atomic E-state index is -1.28. The predicted molar refractivity (Wildman–Crippen MR) is 101 cm³/mol. The van der Waals surface area contributed by atoms with Crippen LogP contribution < -0.4 is 5.32 Å². The molecule has 2 aliphatic rings. The molecule has 1 saturated heterocycles. The van der Waals surface area contributed by atoms with Gasteiger partial charge in [0.15, 0.2) is 16.8 Å². The van der Waals surface area contributed by atoms with Gasteiger partial charge >= 0.3 is 0 Å². The molecule has 28 heavy (non-hydrogen) atoms. The third-order valence-corrected chi connectivity index (χ3v) is 6.10. The number of rotatable bonds is 3. The maximum Gasteiger partial charge on any atom is 0.257 e. The van der Waals surface area contributed by atoms with Gasteiger partial charge < -0.3 is 10.1 Å². The van der Waals surface area contributed by atoms with E-state index in [1.165, 1.54) is 23.9 Å². The van der Waals surface area contributed by atoms with Gasteiger partial charge in [0.25, 0.3) is 5.91 Å². The molecule has 4 nitrogen and oxygen atoms in total. The number of hydrogen-bond acceptors (Lipinski definition) is 4. The van der Waals surface area contributed by atoms with Crippen LogP contribution >= 0.6 is 11.8 Å². The van der Waals surface area contributed by atoms with Crippen molar-refractivity contribution in [2.75, 3.05) is 19.0 Å². The lowest BCUT2D eigenvalue weighted by molar-refractivity contribution is 0.0720. The molecule has 0 radical (unpaired) electrons. The van der Waals surface area contributed by atoms with E-state index in [9.17, 15) is 18.0 Å². The van der Waals surface area contributed by atoms with E-state index >= 15 is 0 Å². The van der Waals surface area contributed by atoms with Crippen molar-refractivity contribution in [2.45, 2.75) is 11.6 Å². The Labute approximate surface area is 164 Å². The van der Waals surface area contributed by atoms with Gasteiger partial charge in [0, 0.05) is 22.8 Å². The van der Waals surface area contributed by atoms with E-state index in [-0.39, 0.29) is 23.2 Å². The number of amides is 1. The monoisotopic (exact) mass is 406 g/mol. The Hall–Kier alpha value is -2.32. The molecule has 1 amide bonds. The van der Waals surface area contributed by atoms with E-state index in [0.29, 0.717) is 11.3 Å². The van der Waals surface area contributed by atoms with Crippen LogP contribution in [-0.4, -0.2) is 36.2 Å². The molecule has 1 N–H and O–H groups in total. The summed E-state index contributed by atoms with van der Waals surface area (Å²) in [7, 11) is 0. The summed E-state index contributed by atoms with van der Waals surface area (Å²) in [5.41, 5.74) is -0.823. The molecule has 1 fully saturated rings. The van der Waals surface area contributed by atoms with E-state index in [0.717, 1.165) is 6.07 Å². The van der Waals surface area contributed by atoms with Crippen LogP contribution in [0.1, 0.15) is 15.9 Å². The highest BCUT2D eigenvalue weighted by Crippen LogP contribution is 2.48. The SMILES string of the molecule is O=C(NC1=NC2(c3cccc(F)c3F)COC(CF)[C@H]2CS1)c1ccccc1. The molecular formula is C20H17F3N2O2S. The third kappa shape index (κ3) is 3.20. The zero-order chi connectivity index (χ0) is 19.7. The highest BCUT2D eigenvalue weighted by Gasteiger charge is 2.54.